The summed E-state index contributed by atoms with van der Waals surface area (Å²) >= 11 is 1.50. The van der Waals surface area contributed by atoms with Crippen LogP contribution in [0.1, 0.15) is 29.3 Å². The number of halogens is 1. The van der Waals surface area contributed by atoms with Crippen LogP contribution >= 0.6 is 24.2 Å². The van der Waals surface area contributed by atoms with Crippen molar-refractivity contribution in [2.75, 3.05) is 28.8 Å². The maximum atomic E-state index is 13.1. The number of nitrogens with two attached hydrogens (primary N) is 1. The number of nitrogens with zero attached hydrogens (tertiary/aromatic N) is 1. The summed E-state index contributed by atoms with van der Waals surface area (Å²) in [5, 5.41) is 2.79. The van der Waals surface area contributed by atoms with Crippen molar-refractivity contribution in [2.24, 2.45) is 0 Å². The monoisotopic (exact) mass is 391 g/mol. The number of carbonyl (C=O) groups is 2. The number of amides is 2. The second-order valence-electron chi connectivity index (χ2n) is 6.00. The van der Waals surface area contributed by atoms with Crippen molar-refractivity contribution in [3.05, 3.63) is 47.5 Å². The molecule has 0 aromatic heterocycles. The molecule has 0 radical (unpaired) electrons. The van der Waals surface area contributed by atoms with Gasteiger partial charge in [0.25, 0.3) is 5.91 Å². The number of fused-ring (bicyclic) bond motifs is 1. The van der Waals surface area contributed by atoms with Crippen LogP contribution in [0.25, 0.3) is 0 Å². The normalized spacial score (nSPS) is 12.8. The highest BCUT2D eigenvalue weighted by Gasteiger charge is 2.25. The van der Waals surface area contributed by atoms with Crippen molar-refractivity contribution in [3.8, 4) is 0 Å². The van der Waals surface area contributed by atoms with E-state index in [2.05, 4.69) is 5.32 Å². The van der Waals surface area contributed by atoms with E-state index in [1.54, 1.807) is 17.0 Å². The third kappa shape index (κ3) is 3.97. The van der Waals surface area contributed by atoms with Gasteiger partial charge in [0.1, 0.15) is 0 Å². The average molecular weight is 392 g/mol. The van der Waals surface area contributed by atoms with Crippen LogP contribution in [0, 0.1) is 0 Å². The van der Waals surface area contributed by atoms with Crippen molar-refractivity contribution < 1.29 is 9.59 Å². The van der Waals surface area contributed by atoms with Crippen molar-refractivity contribution in [3.63, 3.8) is 0 Å². The number of rotatable bonds is 3. The summed E-state index contributed by atoms with van der Waals surface area (Å²) in [7, 11) is 0. The van der Waals surface area contributed by atoms with Crippen LogP contribution in [-0.2, 0) is 11.2 Å². The number of thioether (sulfide) groups is 1. The van der Waals surface area contributed by atoms with Gasteiger partial charge < -0.3 is 16.0 Å². The highest BCUT2D eigenvalue weighted by atomic mass is 35.5. The quantitative estimate of drug-likeness (QED) is 0.613. The predicted molar refractivity (Wildman–Crippen MR) is 111 cm³/mol. The molecular formula is C19H22ClN3O2S. The molecule has 1 heterocycles. The van der Waals surface area contributed by atoms with Crippen molar-refractivity contribution in [1.29, 1.82) is 0 Å². The third-order valence-corrected chi connectivity index (χ3v) is 5.07. The molecule has 2 aromatic rings. The first-order chi connectivity index (χ1) is 12.0. The molecule has 0 aliphatic carbocycles. The molecule has 0 saturated heterocycles. The fraction of sp³-hybridized carbons (Fsp3) is 0.263. The Morgan fingerprint density at radius 3 is 2.69 bits per heavy atom. The Labute approximate surface area is 163 Å². The fourth-order valence-electron chi connectivity index (χ4n) is 3.14. The van der Waals surface area contributed by atoms with Crippen molar-refractivity contribution >= 4 is 53.0 Å². The first-order valence-corrected chi connectivity index (χ1v) is 9.38. The third-order valence-electron chi connectivity index (χ3n) is 4.29. The minimum Gasteiger partial charge on any atom is -0.398 e. The predicted octanol–water partition coefficient (Wildman–Crippen LogP) is 3.96. The van der Waals surface area contributed by atoms with E-state index in [0.29, 0.717) is 12.1 Å². The SMILES string of the molecule is CSc1cc(C(=O)N2CCCc3c(N)cccc32)ccc1NC(C)=O.Cl. The zero-order valence-electron chi connectivity index (χ0n) is 14.7. The maximum absolute atomic E-state index is 13.1. The number of carbonyl (C=O) groups excluding carboxylic acids is 2. The van der Waals surface area contributed by atoms with E-state index in [0.717, 1.165) is 40.4 Å². The number of nitrogens with one attached hydrogen (secondary N) is 1. The molecule has 0 bridgehead atoms. The molecule has 7 heteroatoms. The van der Waals surface area contributed by atoms with Crippen LogP contribution in [0.4, 0.5) is 17.1 Å². The number of anilines is 3. The van der Waals surface area contributed by atoms with Gasteiger partial charge in [0.2, 0.25) is 5.91 Å². The van der Waals surface area contributed by atoms with E-state index in [9.17, 15) is 9.59 Å². The molecule has 3 rings (SSSR count). The van der Waals surface area contributed by atoms with Gasteiger partial charge in [-0.2, -0.15) is 0 Å². The molecule has 0 saturated carbocycles. The van der Waals surface area contributed by atoms with Gasteiger partial charge in [0, 0.05) is 35.3 Å². The smallest absolute Gasteiger partial charge is 0.258 e. The molecule has 5 nitrogen and oxygen atoms in total. The minimum absolute atomic E-state index is 0. The van der Waals surface area contributed by atoms with E-state index in [1.165, 1.54) is 18.7 Å². The summed E-state index contributed by atoms with van der Waals surface area (Å²) in [6.07, 6.45) is 3.71. The zero-order valence-corrected chi connectivity index (χ0v) is 16.4. The Hall–Kier alpha value is -2.18. The lowest BCUT2D eigenvalue weighted by Gasteiger charge is -2.30. The Bertz CT molecular complexity index is 842. The number of hydrogen-bond donors (Lipinski definition) is 2. The van der Waals surface area contributed by atoms with E-state index in [1.807, 2.05) is 30.5 Å². The van der Waals surface area contributed by atoms with E-state index < -0.39 is 0 Å². The van der Waals surface area contributed by atoms with Crippen LogP contribution in [0.3, 0.4) is 0 Å². The molecule has 138 valence electrons. The highest BCUT2D eigenvalue weighted by molar-refractivity contribution is 7.98. The van der Waals surface area contributed by atoms with Gasteiger partial charge >= 0.3 is 0 Å². The molecule has 2 amide bonds. The van der Waals surface area contributed by atoms with Gasteiger partial charge in [0.15, 0.2) is 0 Å². The summed E-state index contributed by atoms with van der Waals surface area (Å²) in [6, 6.07) is 11.1. The lowest BCUT2D eigenvalue weighted by atomic mass is 9.99. The summed E-state index contributed by atoms with van der Waals surface area (Å²) in [5.41, 5.74) is 10.1. The molecule has 1 aliphatic heterocycles. The molecule has 26 heavy (non-hydrogen) atoms. The van der Waals surface area contributed by atoms with Crippen LogP contribution in [-0.4, -0.2) is 24.6 Å². The zero-order chi connectivity index (χ0) is 18.0. The van der Waals surface area contributed by atoms with Crippen LogP contribution in [0.5, 0.6) is 0 Å². The number of benzene rings is 2. The second-order valence-corrected chi connectivity index (χ2v) is 6.85. The van der Waals surface area contributed by atoms with Gasteiger partial charge in [-0.05, 0) is 55.0 Å². The maximum Gasteiger partial charge on any atom is 0.258 e. The number of hydrogen-bond acceptors (Lipinski definition) is 4. The van der Waals surface area contributed by atoms with Crippen LogP contribution < -0.4 is 16.0 Å². The molecule has 0 fully saturated rings. The summed E-state index contributed by atoms with van der Waals surface area (Å²) in [6.45, 7) is 2.15. The molecule has 0 atom stereocenters. The largest absolute Gasteiger partial charge is 0.398 e. The lowest BCUT2D eigenvalue weighted by Crippen LogP contribution is -2.35. The topological polar surface area (TPSA) is 75.4 Å². The van der Waals surface area contributed by atoms with Crippen LogP contribution in [0.2, 0.25) is 0 Å². The van der Waals surface area contributed by atoms with Gasteiger partial charge in [-0.1, -0.05) is 6.07 Å². The van der Waals surface area contributed by atoms with Gasteiger partial charge in [-0.15, -0.1) is 24.2 Å². The van der Waals surface area contributed by atoms with Gasteiger partial charge in [-0.25, -0.2) is 0 Å². The molecule has 1 aliphatic rings. The standard InChI is InChI=1S/C19H21N3O2S.ClH/c1-12(23)21-16-9-8-13(11-18(16)25-2)19(24)22-10-4-5-14-15(20)6-3-7-17(14)22;/h3,6-9,11H,4-5,10,20H2,1-2H3,(H,21,23);1H. The molecule has 0 unspecified atom stereocenters. The summed E-state index contributed by atoms with van der Waals surface area (Å²) in [5.74, 6) is -0.175. The molecule has 2 aromatic carbocycles. The molecule has 0 spiro atoms. The lowest BCUT2D eigenvalue weighted by molar-refractivity contribution is -0.114. The Kier molecular flexibility index (Phi) is 6.56. The average Bonchev–Trinajstić information content (AvgIpc) is 2.61. The molecule has 3 N–H and O–H groups in total. The van der Waals surface area contributed by atoms with Gasteiger partial charge in [-0.3, -0.25) is 9.59 Å². The first kappa shape index (κ1) is 20.1. The minimum atomic E-state index is -0.130. The Balaban J connectivity index is 0.00000243. The van der Waals surface area contributed by atoms with E-state index >= 15 is 0 Å². The van der Waals surface area contributed by atoms with Crippen molar-refractivity contribution in [1.82, 2.24) is 0 Å². The van der Waals surface area contributed by atoms with Crippen LogP contribution in [0.15, 0.2) is 41.3 Å². The Morgan fingerprint density at radius 2 is 2.00 bits per heavy atom. The summed E-state index contributed by atoms with van der Waals surface area (Å²) < 4.78 is 0. The first-order valence-electron chi connectivity index (χ1n) is 8.16. The van der Waals surface area contributed by atoms with E-state index in [-0.39, 0.29) is 24.2 Å². The molecular weight excluding hydrogens is 370 g/mol. The number of nitrogen functional groups attached to an aromatic ring is 1. The van der Waals surface area contributed by atoms with Crippen molar-refractivity contribution in [2.45, 2.75) is 24.7 Å². The second kappa shape index (κ2) is 8.47. The Morgan fingerprint density at radius 1 is 1.23 bits per heavy atom. The van der Waals surface area contributed by atoms with E-state index in [4.69, 9.17) is 5.73 Å². The fourth-order valence-corrected chi connectivity index (χ4v) is 3.72. The van der Waals surface area contributed by atoms with Gasteiger partial charge in [0.05, 0.1) is 5.69 Å². The summed E-state index contributed by atoms with van der Waals surface area (Å²) in [4.78, 5) is 27.0. The highest BCUT2D eigenvalue weighted by Crippen LogP contribution is 2.33.